The molecule has 1 N–H and O–H groups in total. The van der Waals surface area contributed by atoms with Crippen molar-refractivity contribution in [3.63, 3.8) is 0 Å². The molecule has 0 aliphatic heterocycles. The Labute approximate surface area is 176 Å². The Morgan fingerprint density at radius 1 is 1.03 bits per heavy atom. The molecule has 0 unspecified atom stereocenters. The van der Waals surface area contributed by atoms with Crippen molar-refractivity contribution >= 4 is 17.7 Å². The van der Waals surface area contributed by atoms with Crippen molar-refractivity contribution in [1.82, 2.24) is 20.4 Å². The van der Waals surface area contributed by atoms with Crippen molar-refractivity contribution < 1.29 is 13.7 Å². The van der Waals surface area contributed by atoms with Gasteiger partial charge in [-0.25, -0.2) is 9.37 Å². The summed E-state index contributed by atoms with van der Waals surface area (Å²) in [5.41, 5.74) is 2.03. The van der Waals surface area contributed by atoms with E-state index in [0.29, 0.717) is 27.9 Å². The Hall–Kier alpha value is -3.52. The van der Waals surface area contributed by atoms with Gasteiger partial charge in [-0.3, -0.25) is 4.79 Å². The van der Waals surface area contributed by atoms with Gasteiger partial charge in [-0.1, -0.05) is 65.4 Å². The van der Waals surface area contributed by atoms with Crippen molar-refractivity contribution in [2.75, 3.05) is 5.75 Å². The fourth-order valence-corrected chi connectivity index (χ4v) is 3.42. The molecule has 8 heteroatoms. The van der Waals surface area contributed by atoms with Crippen LogP contribution in [0, 0.1) is 5.82 Å². The second-order valence-electron chi connectivity index (χ2n) is 6.33. The third kappa shape index (κ3) is 4.90. The van der Waals surface area contributed by atoms with Gasteiger partial charge in [-0.05, 0) is 18.2 Å². The number of benzene rings is 2. The first-order valence-electron chi connectivity index (χ1n) is 9.17. The minimum atomic E-state index is -0.339. The summed E-state index contributed by atoms with van der Waals surface area (Å²) in [4.78, 5) is 20.8. The van der Waals surface area contributed by atoms with Gasteiger partial charge in [-0.15, -0.1) is 0 Å². The fourth-order valence-electron chi connectivity index (χ4n) is 2.69. The molecule has 6 nitrogen and oxygen atoms in total. The molecule has 0 bridgehead atoms. The Kier molecular flexibility index (Phi) is 6.14. The number of thioether (sulfide) groups is 1. The number of amides is 1. The average Bonchev–Trinajstić information content (AvgIpc) is 3.28. The van der Waals surface area contributed by atoms with Gasteiger partial charge in [0.2, 0.25) is 11.7 Å². The lowest BCUT2D eigenvalue weighted by Crippen LogP contribution is -2.25. The summed E-state index contributed by atoms with van der Waals surface area (Å²) in [6.07, 6.45) is 1.63. The summed E-state index contributed by atoms with van der Waals surface area (Å²) < 4.78 is 19.0. The van der Waals surface area contributed by atoms with Crippen LogP contribution in [0.4, 0.5) is 4.39 Å². The molecule has 0 aliphatic rings. The highest BCUT2D eigenvalue weighted by Crippen LogP contribution is 2.25. The first-order valence-corrected chi connectivity index (χ1v) is 10.2. The van der Waals surface area contributed by atoms with Crippen LogP contribution in [0.2, 0.25) is 0 Å². The summed E-state index contributed by atoms with van der Waals surface area (Å²) >= 11 is 1.27. The number of nitrogens with zero attached hydrogens (tertiary/aromatic N) is 3. The normalized spacial score (nSPS) is 10.7. The molecule has 0 fully saturated rings. The Morgan fingerprint density at radius 2 is 1.83 bits per heavy atom. The SMILES string of the molecule is O=C(CSc1cc(-c2nc(-c3ccccc3)no2)ccn1)NCc1ccccc1F. The van der Waals surface area contributed by atoms with Gasteiger partial charge in [0, 0.05) is 29.4 Å². The second-order valence-corrected chi connectivity index (χ2v) is 7.32. The van der Waals surface area contributed by atoms with Gasteiger partial charge < -0.3 is 9.84 Å². The zero-order valence-electron chi connectivity index (χ0n) is 15.8. The number of pyridine rings is 1. The highest BCUT2D eigenvalue weighted by atomic mass is 32.2. The predicted octanol–water partition coefficient (Wildman–Crippen LogP) is 4.35. The number of hydrogen-bond acceptors (Lipinski definition) is 6. The molecule has 0 saturated carbocycles. The number of carbonyl (C=O) groups excluding carboxylic acids is 1. The van der Waals surface area contributed by atoms with E-state index in [2.05, 4.69) is 20.4 Å². The van der Waals surface area contributed by atoms with Crippen LogP contribution in [0.25, 0.3) is 22.8 Å². The van der Waals surface area contributed by atoms with Crippen molar-refractivity contribution in [3.8, 4) is 22.8 Å². The molecule has 2 aromatic carbocycles. The zero-order valence-corrected chi connectivity index (χ0v) is 16.6. The van der Waals surface area contributed by atoms with Crippen LogP contribution in [0.3, 0.4) is 0 Å². The highest BCUT2D eigenvalue weighted by Gasteiger charge is 2.12. The molecular formula is C22H17FN4O2S. The summed E-state index contributed by atoms with van der Waals surface area (Å²) in [5, 5.41) is 7.37. The largest absolute Gasteiger partial charge is 0.351 e. The lowest BCUT2D eigenvalue weighted by molar-refractivity contribution is -0.118. The Morgan fingerprint density at radius 3 is 2.67 bits per heavy atom. The quantitative estimate of drug-likeness (QED) is 0.448. The van der Waals surface area contributed by atoms with E-state index >= 15 is 0 Å². The van der Waals surface area contributed by atoms with Crippen LogP contribution in [-0.4, -0.2) is 26.8 Å². The van der Waals surface area contributed by atoms with E-state index in [9.17, 15) is 9.18 Å². The minimum absolute atomic E-state index is 0.143. The standard InChI is InChI=1S/C22H17FN4O2S/c23-18-9-5-4-8-17(18)13-25-19(28)14-30-20-12-16(10-11-24-20)22-26-21(27-29-22)15-6-2-1-3-7-15/h1-12H,13-14H2,(H,25,28). The van der Waals surface area contributed by atoms with E-state index < -0.39 is 0 Å². The van der Waals surface area contributed by atoms with E-state index in [4.69, 9.17) is 4.52 Å². The van der Waals surface area contributed by atoms with Crippen LogP contribution < -0.4 is 5.32 Å². The molecule has 150 valence electrons. The molecule has 30 heavy (non-hydrogen) atoms. The maximum atomic E-state index is 13.6. The minimum Gasteiger partial charge on any atom is -0.351 e. The lowest BCUT2D eigenvalue weighted by atomic mass is 10.2. The van der Waals surface area contributed by atoms with Crippen LogP contribution >= 0.6 is 11.8 Å². The molecule has 2 heterocycles. The second kappa shape index (κ2) is 9.32. The van der Waals surface area contributed by atoms with Gasteiger partial charge >= 0.3 is 0 Å². The third-order valence-corrected chi connectivity index (χ3v) is 5.15. The van der Waals surface area contributed by atoms with E-state index in [-0.39, 0.29) is 24.0 Å². The van der Waals surface area contributed by atoms with Gasteiger partial charge in [0.05, 0.1) is 10.8 Å². The molecular weight excluding hydrogens is 403 g/mol. The van der Waals surface area contributed by atoms with Crippen LogP contribution in [0.5, 0.6) is 0 Å². The molecule has 4 aromatic rings. The Balaban J connectivity index is 1.36. The maximum Gasteiger partial charge on any atom is 0.258 e. The van der Waals surface area contributed by atoms with Crippen LogP contribution in [-0.2, 0) is 11.3 Å². The molecule has 0 saturated heterocycles. The highest BCUT2D eigenvalue weighted by molar-refractivity contribution is 7.99. The van der Waals surface area contributed by atoms with Gasteiger partial charge in [0.1, 0.15) is 5.82 Å². The molecule has 4 rings (SSSR count). The summed E-state index contributed by atoms with van der Waals surface area (Å²) in [6.45, 7) is 0.143. The molecule has 1 amide bonds. The predicted molar refractivity (Wildman–Crippen MR) is 112 cm³/mol. The monoisotopic (exact) mass is 420 g/mol. The zero-order chi connectivity index (χ0) is 20.8. The molecule has 0 atom stereocenters. The van der Waals surface area contributed by atoms with E-state index in [1.807, 2.05) is 30.3 Å². The van der Waals surface area contributed by atoms with E-state index in [0.717, 1.165) is 5.56 Å². The first kappa shape index (κ1) is 19.8. The van der Waals surface area contributed by atoms with Gasteiger partial charge in [0.25, 0.3) is 5.89 Å². The topological polar surface area (TPSA) is 80.9 Å². The van der Waals surface area contributed by atoms with E-state index in [1.54, 1.807) is 36.5 Å². The van der Waals surface area contributed by atoms with Gasteiger partial charge in [0.15, 0.2) is 0 Å². The lowest BCUT2D eigenvalue weighted by Gasteiger charge is -2.06. The smallest absolute Gasteiger partial charge is 0.258 e. The summed E-state index contributed by atoms with van der Waals surface area (Å²) in [5.74, 6) is 0.490. The fraction of sp³-hybridized carbons (Fsp3) is 0.0909. The van der Waals surface area contributed by atoms with E-state index in [1.165, 1.54) is 17.8 Å². The van der Waals surface area contributed by atoms with Crippen LogP contribution in [0.1, 0.15) is 5.56 Å². The maximum absolute atomic E-state index is 13.6. The van der Waals surface area contributed by atoms with Gasteiger partial charge in [-0.2, -0.15) is 4.98 Å². The first-order chi connectivity index (χ1) is 14.7. The average molecular weight is 420 g/mol. The number of rotatable bonds is 7. The number of hydrogen-bond donors (Lipinski definition) is 1. The Bertz CT molecular complexity index is 1150. The molecule has 0 radical (unpaired) electrons. The number of halogens is 1. The van der Waals surface area contributed by atoms with Crippen molar-refractivity contribution in [2.45, 2.75) is 11.6 Å². The molecule has 0 aliphatic carbocycles. The molecule has 2 aromatic heterocycles. The third-order valence-electron chi connectivity index (χ3n) is 4.22. The van der Waals surface area contributed by atoms with Crippen LogP contribution in [0.15, 0.2) is 82.5 Å². The number of carbonyl (C=O) groups is 1. The number of aromatic nitrogens is 3. The number of nitrogens with one attached hydrogen (secondary N) is 1. The van der Waals surface area contributed by atoms with Crippen molar-refractivity contribution in [1.29, 1.82) is 0 Å². The van der Waals surface area contributed by atoms with Crippen molar-refractivity contribution in [3.05, 3.63) is 84.3 Å². The summed E-state index contributed by atoms with van der Waals surface area (Å²) in [7, 11) is 0. The molecule has 0 spiro atoms. The summed E-state index contributed by atoms with van der Waals surface area (Å²) in [6, 6.07) is 19.5. The van der Waals surface area contributed by atoms with Crippen molar-refractivity contribution in [2.24, 2.45) is 0 Å².